The summed E-state index contributed by atoms with van der Waals surface area (Å²) in [6.07, 6.45) is 4.97. The van der Waals surface area contributed by atoms with Crippen LogP contribution in [-0.2, 0) is 11.3 Å². The molecule has 1 aromatic heterocycles. The summed E-state index contributed by atoms with van der Waals surface area (Å²) in [5.41, 5.74) is 0.147. The van der Waals surface area contributed by atoms with E-state index in [2.05, 4.69) is 10.2 Å². The summed E-state index contributed by atoms with van der Waals surface area (Å²) in [5.74, 6) is -1.12. The maximum absolute atomic E-state index is 12.1. The lowest BCUT2D eigenvalue weighted by molar-refractivity contribution is -0.122. The number of carboxylic acids is 1. The Morgan fingerprint density at radius 2 is 2.20 bits per heavy atom. The van der Waals surface area contributed by atoms with Crippen LogP contribution in [0, 0.1) is 0 Å². The van der Waals surface area contributed by atoms with Gasteiger partial charge in [0.05, 0.1) is 0 Å². The van der Waals surface area contributed by atoms with Crippen molar-refractivity contribution < 1.29 is 14.7 Å². The Bertz CT molecular complexity index is 525. The first-order valence-electron chi connectivity index (χ1n) is 7.07. The van der Waals surface area contributed by atoms with Crippen LogP contribution in [0.15, 0.2) is 18.3 Å². The van der Waals surface area contributed by atoms with E-state index in [0.717, 1.165) is 25.9 Å². The number of hydrogen-bond donors (Lipinski definition) is 2. The van der Waals surface area contributed by atoms with Crippen molar-refractivity contribution in [3.05, 3.63) is 24.0 Å². The molecule has 3 rings (SSSR count). The van der Waals surface area contributed by atoms with E-state index in [9.17, 15) is 9.59 Å². The number of carboxylic acid groups (broad SMARTS) is 1. The van der Waals surface area contributed by atoms with Gasteiger partial charge in [0.25, 0.3) is 0 Å². The third-order valence-electron chi connectivity index (χ3n) is 4.32. The van der Waals surface area contributed by atoms with Crippen LogP contribution in [0.1, 0.15) is 29.8 Å². The number of carbonyl (C=O) groups excluding carboxylic acids is 1. The van der Waals surface area contributed by atoms with Crippen molar-refractivity contribution in [2.24, 2.45) is 0 Å². The molecule has 1 aromatic rings. The van der Waals surface area contributed by atoms with Crippen molar-refractivity contribution in [3.8, 4) is 0 Å². The summed E-state index contributed by atoms with van der Waals surface area (Å²) in [4.78, 5) is 25.5. The summed E-state index contributed by atoms with van der Waals surface area (Å²) >= 11 is 0. The van der Waals surface area contributed by atoms with Crippen molar-refractivity contribution in [1.82, 2.24) is 14.8 Å². The molecule has 0 saturated carbocycles. The number of nitrogens with zero attached hydrogens (tertiary/aromatic N) is 2. The van der Waals surface area contributed by atoms with E-state index in [0.29, 0.717) is 6.04 Å². The average molecular weight is 277 g/mol. The van der Waals surface area contributed by atoms with E-state index < -0.39 is 5.97 Å². The van der Waals surface area contributed by atoms with Gasteiger partial charge in [-0.25, -0.2) is 4.79 Å². The van der Waals surface area contributed by atoms with Crippen molar-refractivity contribution in [2.75, 3.05) is 13.1 Å². The molecule has 2 saturated heterocycles. The predicted molar refractivity (Wildman–Crippen MR) is 72.5 cm³/mol. The number of fused-ring (bicyclic) bond motifs is 1. The van der Waals surface area contributed by atoms with E-state index in [1.165, 1.54) is 17.1 Å². The van der Waals surface area contributed by atoms with Crippen LogP contribution >= 0.6 is 0 Å². The van der Waals surface area contributed by atoms with Gasteiger partial charge >= 0.3 is 5.97 Å². The van der Waals surface area contributed by atoms with Crippen molar-refractivity contribution in [1.29, 1.82) is 0 Å². The average Bonchev–Trinajstić information content (AvgIpc) is 3.06. The summed E-state index contributed by atoms with van der Waals surface area (Å²) in [5, 5.41) is 12.1. The first-order valence-corrected chi connectivity index (χ1v) is 7.07. The molecule has 108 valence electrons. The lowest BCUT2D eigenvalue weighted by Crippen LogP contribution is -2.43. The number of rotatable bonds is 4. The Morgan fingerprint density at radius 1 is 1.35 bits per heavy atom. The fourth-order valence-corrected chi connectivity index (χ4v) is 3.40. The minimum atomic E-state index is -1.01. The molecule has 6 heteroatoms. The van der Waals surface area contributed by atoms with Crippen LogP contribution in [0.25, 0.3) is 0 Å². The lowest BCUT2D eigenvalue weighted by atomic mass is 10.1. The highest BCUT2D eigenvalue weighted by Crippen LogP contribution is 2.27. The Morgan fingerprint density at radius 3 is 3.00 bits per heavy atom. The monoisotopic (exact) mass is 277 g/mol. The number of aromatic carboxylic acids is 1. The SMILES string of the molecule is O=C(Cn1cccc1C(=O)O)NC1CCN2CCCC12. The molecular formula is C14H19N3O3. The van der Waals surface area contributed by atoms with Gasteiger partial charge in [-0.15, -0.1) is 0 Å². The second-order valence-electron chi connectivity index (χ2n) is 5.53. The highest BCUT2D eigenvalue weighted by atomic mass is 16.4. The summed E-state index contributed by atoms with van der Waals surface area (Å²) in [6, 6.07) is 3.84. The summed E-state index contributed by atoms with van der Waals surface area (Å²) in [6.45, 7) is 2.26. The highest BCUT2D eigenvalue weighted by Gasteiger charge is 2.37. The van der Waals surface area contributed by atoms with Crippen LogP contribution < -0.4 is 5.32 Å². The van der Waals surface area contributed by atoms with Crippen molar-refractivity contribution >= 4 is 11.9 Å². The summed E-state index contributed by atoms with van der Waals surface area (Å²) < 4.78 is 1.47. The van der Waals surface area contributed by atoms with E-state index >= 15 is 0 Å². The minimum Gasteiger partial charge on any atom is -0.477 e. The van der Waals surface area contributed by atoms with E-state index in [-0.39, 0.29) is 24.2 Å². The van der Waals surface area contributed by atoms with E-state index in [1.54, 1.807) is 12.3 Å². The topological polar surface area (TPSA) is 74.6 Å². The largest absolute Gasteiger partial charge is 0.477 e. The molecule has 2 fully saturated rings. The predicted octanol–water partition coefficient (Wildman–Crippen LogP) is 0.539. The molecule has 0 radical (unpaired) electrons. The van der Waals surface area contributed by atoms with Gasteiger partial charge in [-0.3, -0.25) is 9.69 Å². The maximum atomic E-state index is 12.1. The number of aromatic nitrogens is 1. The molecule has 1 amide bonds. The van der Waals surface area contributed by atoms with Gasteiger partial charge < -0.3 is 15.0 Å². The number of hydrogen-bond acceptors (Lipinski definition) is 3. The highest BCUT2D eigenvalue weighted by molar-refractivity contribution is 5.86. The first kappa shape index (κ1) is 13.2. The van der Waals surface area contributed by atoms with Gasteiger partial charge in [0.15, 0.2) is 0 Å². The Labute approximate surface area is 117 Å². The third kappa shape index (κ3) is 2.43. The fraction of sp³-hybridized carbons (Fsp3) is 0.571. The standard InChI is InChI=1S/C14H19N3O3/c18-13(9-17-7-2-4-12(17)14(19)20)15-10-5-8-16-6-1-3-11(10)16/h2,4,7,10-11H,1,3,5-6,8-9H2,(H,15,18)(H,19,20). The zero-order chi connectivity index (χ0) is 14.1. The Balaban J connectivity index is 1.60. The maximum Gasteiger partial charge on any atom is 0.352 e. The molecule has 20 heavy (non-hydrogen) atoms. The molecule has 2 N–H and O–H groups in total. The third-order valence-corrected chi connectivity index (χ3v) is 4.32. The molecule has 0 spiro atoms. The van der Waals surface area contributed by atoms with Crippen LogP contribution in [-0.4, -0.2) is 51.6 Å². The van der Waals surface area contributed by atoms with Crippen LogP contribution in [0.4, 0.5) is 0 Å². The molecular weight excluding hydrogens is 258 g/mol. The zero-order valence-corrected chi connectivity index (χ0v) is 11.3. The molecule has 2 aliphatic rings. The zero-order valence-electron chi connectivity index (χ0n) is 11.3. The van der Waals surface area contributed by atoms with Gasteiger partial charge in [-0.1, -0.05) is 0 Å². The molecule has 0 aromatic carbocycles. The van der Waals surface area contributed by atoms with Crippen molar-refractivity contribution in [2.45, 2.75) is 37.9 Å². The molecule has 0 bridgehead atoms. The van der Waals surface area contributed by atoms with Crippen LogP contribution in [0.3, 0.4) is 0 Å². The first-order chi connectivity index (χ1) is 9.65. The quantitative estimate of drug-likeness (QED) is 0.842. The summed E-state index contributed by atoms with van der Waals surface area (Å²) in [7, 11) is 0. The molecule has 0 aliphatic carbocycles. The van der Waals surface area contributed by atoms with Gasteiger partial charge in [-0.05, 0) is 37.9 Å². The molecule has 3 heterocycles. The number of amides is 1. The smallest absolute Gasteiger partial charge is 0.352 e. The van der Waals surface area contributed by atoms with E-state index in [4.69, 9.17) is 5.11 Å². The van der Waals surface area contributed by atoms with Gasteiger partial charge in [0.2, 0.25) is 5.91 Å². The molecule has 2 aliphatic heterocycles. The van der Waals surface area contributed by atoms with Gasteiger partial charge in [0.1, 0.15) is 12.2 Å². The Kier molecular flexibility index (Phi) is 3.48. The van der Waals surface area contributed by atoms with Gasteiger partial charge in [-0.2, -0.15) is 0 Å². The second-order valence-corrected chi connectivity index (χ2v) is 5.53. The number of carbonyl (C=O) groups is 2. The van der Waals surface area contributed by atoms with Gasteiger partial charge in [0, 0.05) is 24.8 Å². The van der Waals surface area contributed by atoms with Crippen molar-refractivity contribution in [3.63, 3.8) is 0 Å². The molecule has 2 atom stereocenters. The molecule has 2 unspecified atom stereocenters. The number of nitrogens with one attached hydrogen (secondary N) is 1. The lowest BCUT2D eigenvalue weighted by Gasteiger charge is -2.21. The van der Waals surface area contributed by atoms with Crippen LogP contribution in [0.5, 0.6) is 0 Å². The van der Waals surface area contributed by atoms with Crippen LogP contribution in [0.2, 0.25) is 0 Å². The minimum absolute atomic E-state index is 0.0673. The second kappa shape index (κ2) is 5.28. The normalized spacial score (nSPS) is 25.6. The molecule has 6 nitrogen and oxygen atoms in total. The fourth-order valence-electron chi connectivity index (χ4n) is 3.40. The Hall–Kier alpha value is -1.82. The van der Waals surface area contributed by atoms with E-state index in [1.807, 2.05) is 0 Å².